The average molecular weight is 741 g/mol. The molecule has 0 spiro atoms. The van der Waals surface area contributed by atoms with Crippen molar-refractivity contribution in [3.05, 3.63) is 185 Å². The number of hydrogen-bond donors (Lipinski definition) is 0. The van der Waals surface area contributed by atoms with Gasteiger partial charge in [-0.05, 0) is 108 Å². The second kappa shape index (κ2) is 12.2. The average Bonchev–Trinajstić information content (AvgIpc) is 3.83. The standard InChI is InChI=1S/C54H48N2O/c1-35-22-28-41-45(32-35)54(37-16-8-6-9-17-37,38-18-10-7-11-19-38)46-34-43(51-50(49(41)46)42-29-27-40(55(4)5)33-48(42)57-51)36-23-25-39(26-24-36)56-47-21-13-12-20-44(47)52(2)30-14-15-31-53(52,56)3/h6-13,16-29,32-34H,14-15,30-31H2,1-5H3. The van der Waals surface area contributed by atoms with E-state index in [-0.39, 0.29) is 11.0 Å². The summed E-state index contributed by atoms with van der Waals surface area (Å²) >= 11 is 0. The molecule has 57 heavy (non-hydrogen) atoms. The molecule has 1 fully saturated rings. The second-order valence-corrected chi connectivity index (χ2v) is 17.5. The first-order valence-electron chi connectivity index (χ1n) is 20.7. The Hall–Kier alpha value is -6.06. The molecule has 2 aliphatic carbocycles. The van der Waals surface area contributed by atoms with Crippen LogP contribution in [0.4, 0.5) is 17.1 Å². The molecule has 3 heteroatoms. The fraction of sp³-hybridized carbons (Fsp3) is 0.222. The number of rotatable bonds is 5. The summed E-state index contributed by atoms with van der Waals surface area (Å²) in [7, 11) is 4.19. The fourth-order valence-corrected chi connectivity index (χ4v) is 11.4. The van der Waals surface area contributed by atoms with Gasteiger partial charge in [0, 0.05) is 59.0 Å². The van der Waals surface area contributed by atoms with Crippen LogP contribution in [0.1, 0.15) is 72.9 Å². The zero-order valence-electron chi connectivity index (χ0n) is 33.6. The first-order valence-corrected chi connectivity index (χ1v) is 20.7. The summed E-state index contributed by atoms with van der Waals surface area (Å²) in [6, 6.07) is 57.1. The lowest BCUT2D eigenvalue weighted by Crippen LogP contribution is -2.54. The first kappa shape index (κ1) is 34.2. The Morgan fingerprint density at radius 1 is 0.614 bits per heavy atom. The molecule has 2 atom stereocenters. The van der Waals surface area contributed by atoms with Gasteiger partial charge in [-0.3, -0.25) is 0 Å². The topological polar surface area (TPSA) is 19.6 Å². The van der Waals surface area contributed by atoms with E-state index in [4.69, 9.17) is 4.42 Å². The van der Waals surface area contributed by atoms with Crippen molar-refractivity contribution in [3.8, 4) is 22.3 Å². The fourth-order valence-electron chi connectivity index (χ4n) is 11.4. The summed E-state index contributed by atoms with van der Waals surface area (Å²) in [6.45, 7) is 7.24. The van der Waals surface area contributed by atoms with Gasteiger partial charge in [0.2, 0.25) is 0 Å². The highest BCUT2D eigenvalue weighted by Crippen LogP contribution is 2.62. The Balaban J connectivity index is 1.20. The summed E-state index contributed by atoms with van der Waals surface area (Å²) in [5.41, 5.74) is 17.9. The number of aryl methyl sites for hydroxylation is 1. The highest BCUT2D eigenvalue weighted by molar-refractivity contribution is 6.19. The van der Waals surface area contributed by atoms with Gasteiger partial charge < -0.3 is 14.2 Å². The van der Waals surface area contributed by atoms with Gasteiger partial charge >= 0.3 is 0 Å². The number of furan rings is 1. The highest BCUT2D eigenvalue weighted by atomic mass is 16.3. The lowest BCUT2D eigenvalue weighted by atomic mass is 9.61. The first-order chi connectivity index (χ1) is 27.7. The van der Waals surface area contributed by atoms with Crippen molar-refractivity contribution < 1.29 is 4.42 Å². The molecule has 7 aromatic carbocycles. The summed E-state index contributed by atoms with van der Waals surface area (Å²) in [6.07, 6.45) is 4.94. The molecule has 1 aliphatic heterocycles. The van der Waals surface area contributed by atoms with Gasteiger partial charge in [-0.1, -0.05) is 135 Å². The molecule has 0 radical (unpaired) electrons. The van der Waals surface area contributed by atoms with E-state index in [2.05, 4.69) is 196 Å². The Kier molecular flexibility index (Phi) is 7.33. The Bertz CT molecular complexity index is 2830. The van der Waals surface area contributed by atoms with Crippen molar-refractivity contribution in [2.75, 3.05) is 23.9 Å². The third kappa shape index (κ3) is 4.54. The van der Waals surface area contributed by atoms with Crippen LogP contribution >= 0.6 is 0 Å². The molecule has 0 saturated heterocycles. The summed E-state index contributed by atoms with van der Waals surface area (Å²) in [4.78, 5) is 4.82. The number of benzene rings is 7. The summed E-state index contributed by atoms with van der Waals surface area (Å²) < 4.78 is 7.11. The molecular weight excluding hydrogens is 693 g/mol. The van der Waals surface area contributed by atoms with Gasteiger partial charge in [-0.2, -0.15) is 0 Å². The Morgan fingerprint density at radius 2 is 1.30 bits per heavy atom. The SMILES string of the molecule is Cc1ccc2c(c1)C(c1ccccc1)(c1ccccc1)c1cc(-c3ccc(N4c5ccccc5C5(C)CCCCC45C)cc3)c3oc4cc(N(C)C)ccc4c3c1-2. The lowest BCUT2D eigenvalue weighted by molar-refractivity contribution is 0.195. The zero-order chi connectivity index (χ0) is 38.7. The van der Waals surface area contributed by atoms with E-state index in [1.807, 2.05) is 0 Å². The largest absolute Gasteiger partial charge is 0.455 e. The maximum atomic E-state index is 7.11. The number of nitrogens with zero attached hydrogens (tertiary/aromatic N) is 2. The van der Waals surface area contributed by atoms with Crippen LogP contribution in [0.25, 0.3) is 44.2 Å². The van der Waals surface area contributed by atoms with E-state index in [1.54, 1.807) is 0 Å². The molecule has 0 amide bonds. The number of para-hydroxylation sites is 1. The van der Waals surface area contributed by atoms with E-state index in [1.165, 1.54) is 87.0 Å². The molecule has 3 aliphatic rings. The van der Waals surface area contributed by atoms with Gasteiger partial charge in [0.25, 0.3) is 0 Å². The Labute approximate surface area is 336 Å². The van der Waals surface area contributed by atoms with Crippen molar-refractivity contribution in [1.82, 2.24) is 0 Å². The normalized spacial score (nSPS) is 20.3. The Morgan fingerprint density at radius 3 is 2.02 bits per heavy atom. The van der Waals surface area contributed by atoms with Crippen LogP contribution in [0.2, 0.25) is 0 Å². The van der Waals surface area contributed by atoms with E-state index >= 15 is 0 Å². The molecule has 280 valence electrons. The predicted octanol–water partition coefficient (Wildman–Crippen LogP) is 13.7. The molecule has 2 unspecified atom stereocenters. The smallest absolute Gasteiger partial charge is 0.143 e. The third-order valence-corrected chi connectivity index (χ3v) is 14.4. The highest BCUT2D eigenvalue weighted by Gasteiger charge is 2.57. The molecule has 2 heterocycles. The van der Waals surface area contributed by atoms with Gasteiger partial charge in [-0.25, -0.2) is 0 Å². The van der Waals surface area contributed by atoms with Gasteiger partial charge in [-0.15, -0.1) is 0 Å². The molecular formula is C54H48N2O. The van der Waals surface area contributed by atoms with Crippen LogP contribution in [0.5, 0.6) is 0 Å². The number of anilines is 3. The number of hydrogen-bond acceptors (Lipinski definition) is 3. The molecule has 0 N–H and O–H groups in total. The van der Waals surface area contributed by atoms with Crippen molar-refractivity contribution in [2.45, 2.75) is 62.8 Å². The van der Waals surface area contributed by atoms with Crippen LogP contribution in [-0.4, -0.2) is 19.6 Å². The summed E-state index contributed by atoms with van der Waals surface area (Å²) in [5.74, 6) is 0. The minimum atomic E-state index is -0.533. The van der Waals surface area contributed by atoms with Gasteiger partial charge in [0.1, 0.15) is 11.2 Å². The maximum Gasteiger partial charge on any atom is 0.143 e. The van der Waals surface area contributed by atoms with Crippen LogP contribution in [0.3, 0.4) is 0 Å². The molecule has 1 aromatic heterocycles. The van der Waals surface area contributed by atoms with Crippen LogP contribution in [0.15, 0.2) is 156 Å². The maximum absolute atomic E-state index is 7.11. The van der Waals surface area contributed by atoms with Crippen molar-refractivity contribution in [1.29, 1.82) is 0 Å². The quantitative estimate of drug-likeness (QED) is 0.175. The van der Waals surface area contributed by atoms with E-state index < -0.39 is 5.41 Å². The lowest BCUT2D eigenvalue weighted by Gasteiger charge is -2.50. The molecule has 11 rings (SSSR count). The molecule has 0 bridgehead atoms. The third-order valence-electron chi connectivity index (χ3n) is 14.4. The van der Waals surface area contributed by atoms with Crippen LogP contribution < -0.4 is 9.80 Å². The predicted molar refractivity (Wildman–Crippen MR) is 238 cm³/mol. The second-order valence-electron chi connectivity index (χ2n) is 17.5. The van der Waals surface area contributed by atoms with E-state index in [0.29, 0.717) is 0 Å². The van der Waals surface area contributed by atoms with Crippen LogP contribution in [-0.2, 0) is 10.8 Å². The zero-order valence-corrected chi connectivity index (χ0v) is 33.6. The monoisotopic (exact) mass is 740 g/mol. The minimum absolute atomic E-state index is 0.00898. The van der Waals surface area contributed by atoms with Gasteiger partial charge in [0.15, 0.2) is 0 Å². The van der Waals surface area contributed by atoms with Crippen molar-refractivity contribution in [2.24, 2.45) is 0 Å². The minimum Gasteiger partial charge on any atom is -0.455 e. The van der Waals surface area contributed by atoms with E-state index in [0.717, 1.165) is 33.4 Å². The molecule has 8 aromatic rings. The number of fused-ring (bicyclic) bond motifs is 10. The summed E-state index contributed by atoms with van der Waals surface area (Å²) in [5, 5.41) is 2.33. The van der Waals surface area contributed by atoms with Crippen molar-refractivity contribution >= 4 is 39.0 Å². The van der Waals surface area contributed by atoms with Gasteiger partial charge in [0.05, 0.1) is 11.0 Å². The van der Waals surface area contributed by atoms with Crippen LogP contribution in [0, 0.1) is 6.92 Å². The molecule has 1 saturated carbocycles. The van der Waals surface area contributed by atoms with Crippen molar-refractivity contribution in [3.63, 3.8) is 0 Å². The molecule has 3 nitrogen and oxygen atoms in total. The van der Waals surface area contributed by atoms with E-state index in [9.17, 15) is 0 Å².